The molecule has 0 aliphatic carbocycles. The number of esters is 1. The number of carbonyl (C=O) groups is 1. The fourth-order valence-electron chi connectivity index (χ4n) is 2.00. The summed E-state index contributed by atoms with van der Waals surface area (Å²) in [6, 6.07) is 8.27. The van der Waals surface area contributed by atoms with E-state index >= 15 is 0 Å². The van der Waals surface area contributed by atoms with E-state index in [4.69, 9.17) is 0 Å². The highest BCUT2D eigenvalue weighted by molar-refractivity contribution is 5.89. The Morgan fingerprint density at radius 3 is 2.81 bits per heavy atom. The van der Waals surface area contributed by atoms with Gasteiger partial charge in [0.05, 0.1) is 17.6 Å². The predicted molar refractivity (Wildman–Crippen MR) is 76.2 cm³/mol. The molecule has 108 valence electrons. The van der Waals surface area contributed by atoms with Crippen LogP contribution < -0.4 is 0 Å². The largest absolute Gasteiger partial charge is 0.465 e. The van der Waals surface area contributed by atoms with Gasteiger partial charge in [0.15, 0.2) is 0 Å². The first-order valence-corrected chi connectivity index (χ1v) is 6.28. The van der Waals surface area contributed by atoms with E-state index in [0.29, 0.717) is 11.3 Å². The molecule has 0 atom stereocenters. The maximum absolute atomic E-state index is 11.5. The second-order valence-electron chi connectivity index (χ2n) is 4.60. The first-order chi connectivity index (χ1) is 10.0. The van der Waals surface area contributed by atoms with Gasteiger partial charge in [0.25, 0.3) is 5.69 Å². The third-order valence-corrected chi connectivity index (χ3v) is 3.00. The second kappa shape index (κ2) is 6.13. The van der Waals surface area contributed by atoms with E-state index in [-0.39, 0.29) is 12.1 Å². The summed E-state index contributed by atoms with van der Waals surface area (Å²) < 4.78 is 4.66. The van der Waals surface area contributed by atoms with Crippen molar-refractivity contribution >= 4 is 11.7 Å². The van der Waals surface area contributed by atoms with E-state index in [9.17, 15) is 14.9 Å². The van der Waals surface area contributed by atoms with Gasteiger partial charge in [-0.1, -0.05) is 12.1 Å². The third kappa shape index (κ3) is 3.42. The molecule has 1 aromatic carbocycles. The number of nitro groups is 1. The molecule has 1 aromatic heterocycles. The minimum Gasteiger partial charge on any atom is -0.465 e. The number of nitrogens with zero attached hydrogens (tertiary/aromatic N) is 2. The number of methoxy groups -OCH3 is 1. The summed E-state index contributed by atoms with van der Waals surface area (Å²) in [7, 11) is 1.31. The average Bonchev–Trinajstić information content (AvgIpc) is 2.48. The lowest BCUT2D eigenvalue weighted by atomic mass is 10.0. The zero-order chi connectivity index (χ0) is 15.4. The summed E-state index contributed by atoms with van der Waals surface area (Å²) >= 11 is 0. The van der Waals surface area contributed by atoms with Crippen LogP contribution in [0, 0.1) is 17.0 Å². The molecule has 0 saturated carbocycles. The van der Waals surface area contributed by atoms with E-state index < -0.39 is 10.9 Å². The van der Waals surface area contributed by atoms with E-state index in [0.717, 1.165) is 11.1 Å². The Hall–Kier alpha value is -2.76. The summed E-state index contributed by atoms with van der Waals surface area (Å²) in [6.45, 7) is 1.75. The van der Waals surface area contributed by atoms with Crippen molar-refractivity contribution in [1.82, 2.24) is 4.98 Å². The van der Waals surface area contributed by atoms with Gasteiger partial charge in [-0.15, -0.1) is 0 Å². The zero-order valence-corrected chi connectivity index (χ0v) is 11.7. The fourth-order valence-corrected chi connectivity index (χ4v) is 2.00. The third-order valence-electron chi connectivity index (χ3n) is 3.00. The first kappa shape index (κ1) is 14.6. The smallest absolute Gasteiger partial charge is 0.337 e. The summed E-state index contributed by atoms with van der Waals surface area (Å²) in [4.78, 5) is 26.3. The molecule has 2 rings (SSSR count). The van der Waals surface area contributed by atoms with Crippen molar-refractivity contribution in [3.8, 4) is 0 Å². The molecule has 0 unspecified atom stereocenters. The molecule has 0 radical (unpaired) electrons. The number of pyridine rings is 1. The molecule has 0 aliphatic rings. The van der Waals surface area contributed by atoms with E-state index in [1.807, 2.05) is 0 Å². The number of rotatable bonds is 4. The highest BCUT2D eigenvalue weighted by Crippen LogP contribution is 2.21. The molecular formula is C15H14N2O4. The Balaban J connectivity index is 2.34. The molecule has 2 aromatic rings. The predicted octanol–water partition coefficient (Wildman–Crippen LogP) is 2.68. The Morgan fingerprint density at radius 2 is 2.14 bits per heavy atom. The van der Waals surface area contributed by atoms with Crippen molar-refractivity contribution in [2.24, 2.45) is 0 Å². The molecule has 6 heteroatoms. The molecule has 0 amide bonds. The minimum absolute atomic E-state index is 0.0153. The fraction of sp³-hybridized carbons (Fsp3) is 0.200. The summed E-state index contributed by atoms with van der Waals surface area (Å²) in [5, 5.41) is 11.1. The van der Waals surface area contributed by atoms with Gasteiger partial charge in [-0.3, -0.25) is 15.1 Å². The van der Waals surface area contributed by atoms with Gasteiger partial charge in [0.2, 0.25) is 0 Å². The van der Waals surface area contributed by atoms with Gasteiger partial charge >= 0.3 is 5.97 Å². The Bertz CT molecular complexity index is 698. The number of carbonyl (C=O) groups excluding carboxylic acids is 1. The number of ether oxygens (including phenoxy) is 1. The van der Waals surface area contributed by atoms with Crippen molar-refractivity contribution in [2.75, 3.05) is 7.11 Å². The monoisotopic (exact) mass is 286 g/mol. The highest BCUT2D eigenvalue weighted by atomic mass is 16.6. The van der Waals surface area contributed by atoms with Crippen LogP contribution in [-0.4, -0.2) is 23.0 Å². The Morgan fingerprint density at radius 1 is 1.38 bits per heavy atom. The van der Waals surface area contributed by atoms with Crippen molar-refractivity contribution < 1.29 is 14.5 Å². The van der Waals surface area contributed by atoms with Crippen LogP contribution in [0.1, 0.15) is 27.2 Å². The molecule has 0 saturated heterocycles. The first-order valence-electron chi connectivity index (χ1n) is 6.28. The molecule has 1 heterocycles. The lowest BCUT2D eigenvalue weighted by Crippen LogP contribution is -2.03. The van der Waals surface area contributed by atoms with Gasteiger partial charge in [-0.2, -0.15) is 0 Å². The number of benzene rings is 1. The van der Waals surface area contributed by atoms with Crippen molar-refractivity contribution in [3.05, 3.63) is 69.0 Å². The minimum atomic E-state index is -0.445. The molecule has 0 aliphatic heterocycles. The van der Waals surface area contributed by atoms with Gasteiger partial charge in [0, 0.05) is 18.7 Å². The maximum Gasteiger partial charge on any atom is 0.337 e. The maximum atomic E-state index is 11.5. The normalized spacial score (nSPS) is 10.2. The molecule has 0 N–H and O–H groups in total. The van der Waals surface area contributed by atoms with Gasteiger partial charge in [-0.25, -0.2) is 4.79 Å². The molecule has 0 fully saturated rings. The van der Waals surface area contributed by atoms with E-state index in [1.54, 1.807) is 37.4 Å². The number of hydrogen-bond acceptors (Lipinski definition) is 5. The second-order valence-corrected chi connectivity index (χ2v) is 4.60. The Kier molecular flexibility index (Phi) is 4.27. The molecule has 21 heavy (non-hydrogen) atoms. The van der Waals surface area contributed by atoms with Crippen LogP contribution in [-0.2, 0) is 11.2 Å². The van der Waals surface area contributed by atoms with Crippen molar-refractivity contribution in [2.45, 2.75) is 13.3 Å². The SMILES string of the molecule is COC(=O)c1cccc(Cc2ncc(C)cc2[N+](=O)[O-])c1. The van der Waals surface area contributed by atoms with Crippen LogP contribution in [0.15, 0.2) is 36.5 Å². The average molecular weight is 286 g/mol. The molecule has 0 bridgehead atoms. The van der Waals surface area contributed by atoms with Crippen LogP contribution in [0.3, 0.4) is 0 Å². The van der Waals surface area contributed by atoms with Crippen LogP contribution in [0.4, 0.5) is 5.69 Å². The summed E-state index contributed by atoms with van der Waals surface area (Å²) in [5.74, 6) is -0.441. The molecular weight excluding hydrogens is 272 g/mol. The Labute approximate surface area is 121 Å². The number of aromatic nitrogens is 1. The van der Waals surface area contributed by atoms with E-state index in [2.05, 4.69) is 9.72 Å². The summed E-state index contributed by atoms with van der Waals surface area (Å²) in [6.07, 6.45) is 1.87. The molecule has 0 spiro atoms. The summed E-state index contributed by atoms with van der Waals surface area (Å²) in [5.41, 5.74) is 2.25. The number of aryl methyl sites for hydroxylation is 1. The van der Waals surface area contributed by atoms with Gasteiger partial charge in [0.1, 0.15) is 5.69 Å². The van der Waals surface area contributed by atoms with E-state index in [1.165, 1.54) is 13.2 Å². The highest BCUT2D eigenvalue weighted by Gasteiger charge is 2.16. The van der Waals surface area contributed by atoms with Gasteiger partial charge < -0.3 is 4.74 Å². The lowest BCUT2D eigenvalue weighted by molar-refractivity contribution is -0.385. The van der Waals surface area contributed by atoms with Crippen LogP contribution in [0.25, 0.3) is 0 Å². The molecule has 6 nitrogen and oxygen atoms in total. The zero-order valence-electron chi connectivity index (χ0n) is 11.7. The lowest BCUT2D eigenvalue weighted by Gasteiger charge is -2.05. The van der Waals surface area contributed by atoms with Crippen molar-refractivity contribution in [3.63, 3.8) is 0 Å². The standard InChI is InChI=1S/C15H14N2O4/c1-10-6-14(17(19)20)13(16-9-10)8-11-4-3-5-12(7-11)15(18)21-2/h3-7,9H,8H2,1-2H3. The van der Waals surface area contributed by atoms with Crippen LogP contribution in [0.2, 0.25) is 0 Å². The topological polar surface area (TPSA) is 82.3 Å². The van der Waals surface area contributed by atoms with Crippen LogP contribution >= 0.6 is 0 Å². The van der Waals surface area contributed by atoms with Crippen LogP contribution in [0.5, 0.6) is 0 Å². The quantitative estimate of drug-likeness (QED) is 0.490. The van der Waals surface area contributed by atoms with Crippen molar-refractivity contribution in [1.29, 1.82) is 0 Å². The number of hydrogen-bond donors (Lipinski definition) is 0. The van der Waals surface area contributed by atoms with Gasteiger partial charge in [-0.05, 0) is 30.2 Å².